The molecular formula is C15H13Cl3FN. The Morgan fingerprint density at radius 3 is 2.30 bits per heavy atom. The summed E-state index contributed by atoms with van der Waals surface area (Å²) < 4.78 is 13.4. The first-order chi connectivity index (χ1) is 9.52. The molecule has 1 nitrogen and oxygen atoms in total. The summed E-state index contributed by atoms with van der Waals surface area (Å²) in [4.78, 5) is 0. The van der Waals surface area contributed by atoms with Crippen LogP contribution in [0.4, 0.5) is 4.39 Å². The highest BCUT2D eigenvalue weighted by molar-refractivity contribution is 6.41. The van der Waals surface area contributed by atoms with Gasteiger partial charge in [0.2, 0.25) is 0 Å². The van der Waals surface area contributed by atoms with Gasteiger partial charge in [0.15, 0.2) is 0 Å². The van der Waals surface area contributed by atoms with E-state index in [-0.39, 0.29) is 5.82 Å². The molecule has 0 spiro atoms. The molecule has 0 aliphatic carbocycles. The third kappa shape index (κ3) is 3.44. The van der Waals surface area contributed by atoms with E-state index in [2.05, 4.69) is 5.32 Å². The third-order valence-electron chi connectivity index (χ3n) is 2.91. The van der Waals surface area contributed by atoms with Gasteiger partial charge in [0.25, 0.3) is 0 Å². The van der Waals surface area contributed by atoms with E-state index in [0.717, 1.165) is 17.7 Å². The molecule has 0 saturated heterocycles. The van der Waals surface area contributed by atoms with E-state index in [1.807, 2.05) is 6.92 Å². The van der Waals surface area contributed by atoms with E-state index in [1.54, 1.807) is 18.2 Å². The van der Waals surface area contributed by atoms with Gasteiger partial charge in [-0.15, -0.1) is 0 Å². The molecule has 0 aromatic heterocycles. The van der Waals surface area contributed by atoms with Gasteiger partial charge >= 0.3 is 0 Å². The van der Waals surface area contributed by atoms with Crippen LogP contribution in [0.2, 0.25) is 15.1 Å². The minimum atomic E-state index is -0.289. The van der Waals surface area contributed by atoms with E-state index in [0.29, 0.717) is 27.2 Å². The average molecular weight is 333 g/mol. The summed E-state index contributed by atoms with van der Waals surface area (Å²) in [6.07, 6.45) is 0. The van der Waals surface area contributed by atoms with Crippen LogP contribution in [0.3, 0.4) is 0 Å². The zero-order valence-corrected chi connectivity index (χ0v) is 13.1. The average Bonchev–Trinajstić information content (AvgIpc) is 2.37. The summed E-state index contributed by atoms with van der Waals surface area (Å²) in [6.45, 7) is 3.32. The van der Waals surface area contributed by atoms with Gasteiger partial charge in [0.1, 0.15) is 5.82 Å². The molecule has 0 unspecified atom stereocenters. The van der Waals surface area contributed by atoms with Gasteiger partial charge in [-0.2, -0.15) is 0 Å². The van der Waals surface area contributed by atoms with Crippen molar-refractivity contribution >= 4 is 34.8 Å². The molecular weight excluding hydrogens is 320 g/mol. The first-order valence-corrected chi connectivity index (χ1v) is 7.30. The van der Waals surface area contributed by atoms with Gasteiger partial charge in [-0.05, 0) is 41.9 Å². The maximum Gasteiger partial charge on any atom is 0.123 e. The van der Waals surface area contributed by atoms with Crippen LogP contribution in [0, 0.1) is 5.82 Å². The molecule has 2 aromatic rings. The Morgan fingerprint density at radius 2 is 1.70 bits per heavy atom. The van der Waals surface area contributed by atoms with Crippen molar-refractivity contribution in [1.82, 2.24) is 5.32 Å². The highest BCUT2D eigenvalue weighted by Crippen LogP contribution is 2.38. The summed E-state index contributed by atoms with van der Waals surface area (Å²) >= 11 is 18.4. The largest absolute Gasteiger partial charge is 0.313 e. The zero-order chi connectivity index (χ0) is 14.7. The first-order valence-electron chi connectivity index (χ1n) is 6.17. The lowest BCUT2D eigenvalue weighted by Gasteiger charge is -2.14. The van der Waals surface area contributed by atoms with Crippen molar-refractivity contribution in [2.24, 2.45) is 0 Å². The molecule has 0 saturated carbocycles. The van der Waals surface area contributed by atoms with Gasteiger partial charge in [0, 0.05) is 17.1 Å². The normalized spacial score (nSPS) is 10.8. The van der Waals surface area contributed by atoms with E-state index in [9.17, 15) is 4.39 Å². The molecule has 20 heavy (non-hydrogen) atoms. The summed E-state index contributed by atoms with van der Waals surface area (Å²) in [6, 6.07) is 7.82. The van der Waals surface area contributed by atoms with Crippen molar-refractivity contribution in [2.75, 3.05) is 6.54 Å². The molecule has 106 valence electrons. The van der Waals surface area contributed by atoms with E-state index in [4.69, 9.17) is 34.8 Å². The van der Waals surface area contributed by atoms with Gasteiger partial charge in [-0.25, -0.2) is 4.39 Å². The minimum absolute atomic E-state index is 0.289. The molecule has 0 radical (unpaired) electrons. The van der Waals surface area contributed by atoms with Crippen molar-refractivity contribution in [2.45, 2.75) is 13.5 Å². The van der Waals surface area contributed by atoms with Gasteiger partial charge < -0.3 is 5.32 Å². The number of nitrogens with one attached hydrogen (secondary N) is 1. The fraction of sp³-hybridized carbons (Fsp3) is 0.200. The molecule has 0 amide bonds. The van der Waals surface area contributed by atoms with Crippen LogP contribution in [0.25, 0.3) is 11.1 Å². The van der Waals surface area contributed by atoms with Gasteiger partial charge in [-0.3, -0.25) is 0 Å². The number of rotatable bonds is 4. The molecule has 0 bridgehead atoms. The van der Waals surface area contributed by atoms with Crippen LogP contribution < -0.4 is 5.32 Å². The first kappa shape index (κ1) is 15.6. The Hall–Kier alpha value is -0.800. The minimum Gasteiger partial charge on any atom is -0.313 e. The van der Waals surface area contributed by atoms with Crippen LogP contribution in [-0.4, -0.2) is 6.54 Å². The summed E-state index contributed by atoms with van der Waals surface area (Å²) in [5, 5.41) is 4.55. The number of hydrogen-bond acceptors (Lipinski definition) is 1. The molecule has 2 rings (SSSR count). The van der Waals surface area contributed by atoms with E-state index < -0.39 is 0 Å². The summed E-state index contributed by atoms with van der Waals surface area (Å²) in [5.74, 6) is -0.289. The van der Waals surface area contributed by atoms with Gasteiger partial charge in [0.05, 0.1) is 10.0 Å². The fourth-order valence-electron chi connectivity index (χ4n) is 2.01. The fourth-order valence-corrected chi connectivity index (χ4v) is 3.03. The van der Waals surface area contributed by atoms with Crippen molar-refractivity contribution in [3.63, 3.8) is 0 Å². The number of halogens is 4. The second-order valence-corrected chi connectivity index (χ2v) is 5.58. The molecule has 0 heterocycles. The van der Waals surface area contributed by atoms with Gasteiger partial charge in [-0.1, -0.05) is 47.8 Å². The predicted octanol–water partition coefficient (Wildman–Crippen LogP) is 5.56. The Balaban J connectivity index is 2.57. The van der Waals surface area contributed by atoms with Crippen molar-refractivity contribution in [3.05, 3.63) is 56.8 Å². The molecule has 0 aliphatic heterocycles. The van der Waals surface area contributed by atoms with Crippen LogP contribution in [0.5, 0.6) is 0 Å². The lowest BCUT2D eigenvalue weighted by Crippen LogP contribution is -2.12. The van der Waals surface area contributed by atoms with Crippen LogP contribution in [-0.2, 0) is 6.54 Å². The third-order valence-corrected chi connectivity index (χ3v) is 3.72. The maximum absolute atomic E-state index is 13.4. The number of hydrogen-bond donors (Lipinski definition) is 1. The quantitative estimate of drug-likeness (QED) is 0.772. The highest BCUT2D eigenvalue weighted by Gasteiger charge is 2.14. The highest BCUT2D eigenvalue weighted by atomic mass is 35.5. The van der Waals surface area contributed by atoms with Crippen molar-refractivity contribution < 1.29 is 4.39 Å². The SMILES string of the molecule is CCNCc1cc(F)ccc1-c1c(Cl)cc(Cl)cc1Cl. The van der Waals surface area contributed by atoms with Crippen molar-refractivity contribution in [1.29, 1.82) is 0 Å². The summed E-state index contributed by atoms with van der Waals surface area (Å²) in [7, 11) is 0. The Morgan fingerprint density at radius 1 is 1.05 bits per heavy atom. The van der Waals surface area contributed by atoms with Crippen molar-refractivity contribution in [3.8, 4) is 11.1 Å². The molecule has 2 aromatic carbocycles. The predicted molar refractivity (Wildman–Crippen MR) is 84.2 cm³/mol. The summed E-state index contributed by atoms with van der Waals surface area (Å²) in [5.41, 5.74) is 2.28. The van der Waals surface area contributed by atoms with Crippen LogP contribution in [0.1, 0.15) is 12.5 Å². The maximum atomic E-state index is 13.4. The molecule has 5 heteroatoms. The second kappa shape index (κ2) is 6.77. The standard InChI is InChI=1S/C15H13Cl3FN/c1-2-20-8-9-5-11(19)3-4-12(9)15-13(17)6-10(16)7-14(15)18/h3-7,20H,2,8H2,1H3. The topological polar surface area (TPSA) is 12.0 Å². The lowest BCUT2D eigenvalue weighted by atomic mass is 9.99. The van der Waals surface area contributed by atoms with E-state index >= 15 is 0 Å². The molecule has 1 N–H and O–H groups in total. The monoisotopic (exact) mass is 331 g/mol. The molecule has 0 aliphatic rings. The number of benzene rings is 2. The van der Waals surface area contributed by atoms with E-state index in [1.165, 1.54) is 12.1 Å². The molecule has 0 fully saturated rings. The Bertz CT molecular complexity index is 606. The van der Waals surface area contributed by atoms with Crippen LogP contribution in [0.15, 0.2) is 30.3 Å². The second-order valence-electron chi connectivity index (χ2n) is 4.33. The molecule has 0 atom stereocenters. The lowest BCUT2D eigenvalue weighted by molar-refractivity contribution is 0.622. The smallest absolute Gasteiger partial charge is 0.123 e. The zero-order valence-electron chi connectivity index (χ0n) is 10.8. The Labute approximate surface area is 132 Å². The van der Waals surface area contributed by atoms with Crippen LogP contribution >= 0.6 is 34.8 Å². The Kier molecular flexibility index (Phi) is 5.28.